The molecule has 0 bridgehead atoms. The van der Waals surface area contributed by atoms with Crippen LogP contribution in [0, 0.1) is 11.8 Å². The molecule has 1 aliphatic carbocycles. The molecule has 1 N–H and O–H groups in total. The van der Waals surface area contributed by atoms with Crippen molar-refractivity contribution in [2.45, 2.75) is 32.4 Å². The average molecular weight is 364 g/mol. The molecule has 0 aromatic carbocycles. The number of nitrogens with one attached hydrogen (secondary N) is 1. The zero-order valence-electron chi connectivity index (χ0n) is 15.3. The fourth-order valence-electron chi connectivity index (χ4n) is 2.99. The van der Waals surface area contributed by atoms with Gasteiger partial charge in [-0.1, -0.05) is 0 Å². The summed E-state index contributed by atoms with van der Waals surface area (Å²) in [6.45, 7) is 5.75. The van der Waals surface area contributed by atoms with Crippen molar-refractivity contribution in [3.63, 3.8) is 0 Å². The van der Waals surface area contributed by atoms with E-state index in [0.29, 0.717) is 26.2 Å². The fourth-order valence-corrected chi connectivity index (χ4v) is 2.99. The monoisotopic (exact) mass is 364 g/mol. The first-order valence-electron chi connectivity index (χ1n) is 9.23. The van der Waals surface area contributed by atoms with E-state index in [1.807, 2.05) is 18.9 Å². The summed E-state index contributed by atoms with van der Waals surface area (Å²) < 4.78 is 43.0. The van der Waals surface area contributed by atoms with Crippen molar-refractivity contribution < 1.29 is 17.9 Å². The normalized spacial score (nSPS) is 22.4. The molecule has 146 valence electrons. The molecule has 0 spiro atoms. The molecule has 1 saturated heterocycles. The second-order valence-electron chi connectivity index (χ2n) is 7.14. The quantitative estimate of drug-likeness (QED) is 0.387. The van der Waals surface area contributed by atoms with Crippen LogP contribution in [0.5, 0.6) is 0 Å². The Morgan fingerprint density at radius 2 is 2.04 bits per heavy atom. The van der Waals surface area contributed by atoms with Gasteiger partial charge in [-0.05, 0) is 44.6 Å². The van der Waals surface area contributed by atoms with Gasteiger partial charge in [-0.15, -0.1) is 0 Å². The first kappa shape index (κ1) is 20.3. The SMILES string of the molecule is CCNC(=NCC1CCN(CC(F)(F)F)C1)N(C)CCOCC1CC1. The molecule has 8 heteroatoms. The van der Waals surface area contributed by atoms with Crippen LogP contribution in [0.3, 0.4) is 0 Å². The summed E-state index contributed by atoms with van der Waals surface area (Å²) in [5.74, 6) is 1.75. The smallest absolute Gasteiger partial charge is 0.379 e. The maximum Gasteiger partial charge on any atom is 0.401 e. The minimum Gasteiger partial charge on any atom is -0.379 e. The first-order valence-corrected chi connectivity index (χ1v) is 9.23. The Labute approximate surface area is 148 Å². The number of nitrogens with zero attached hydrogens (tertiary/aromatic N) is 3. The van der Waals surface area contributed by atoms with Gasteiger partial charge in [-0.2, -0.15) is 13.2 Å². The highest BCUT2D eigenvalue weighted by Gasteiger charge is 2.34. The zero-order chi connectivity index (χ0) is 18.3. The Balaban J connectivity index is 1.72. The predicted molar refractivity (Wildman–Crippen MR) is 92.8 cm³/mol. The van der Waals surface area contributed by atoms with Gasteiger partial charge in [0.2, 0.25) is 0 Å². The van der Waals surface area contributed by atoms with Gasteiger partial charge in [-0.3, -0.25) is 9.89 Å². The summed E-state index contributed by atoms with van der Waals surface area (Å²) in [5, 5.41) is 3.24. The number of rotatable bonds is 9. The largest absolute Gasteiger partial charge is 0.401 e. The second-order valence-corrected chi connectivity index (χ2v) is 7.14. The number of guanidine groups is 1. The molecule has 25 heavy (non-hydrogen) atoms. The number of aliphatic imine (C=N–C) groups is 1. The standard InChI is InChI=1S/C17H31F3N4O/c1-3-21-16(23(2)8-9-25-12-14-4-5-14)22-10-15-6-7-24(11-15)13-17(18,19)20/h14-15H,3-13H2,1-2H3,(H,21,22). The van der Waals surface area contributed by atoms with Crippen molar-refractivity contribution >= 4 is 5.96 Å². The zero-order valence-corrected chi connectivity index (χ0v) is 15.3. The third-order valence-electron chi connectivity index (χ3n) is 4.59. The molecule has 1 unspecified atom stereocenters. The van der Waals surface area contributed by atoms with Crippen molar-refractivity contribution in [1.82, 2.24) is 15.1 Å². The van der Waals surface area contributed by atoms with Gasteiger partial charge in [0.15, 0.2) is 5.96 Å². The molecule has 2 aliphatic rings. The second kappa shape index (κ2) is 9.62. The van der Waals surface area contributed by atoms with E-state index >= 15 is 0 Å². The summed E-state index contributed by atoms with van der Waals surface area (Å²) in [4.78, 5) is 8.12. The van der Waals surface area contributed by atoms with E-state index in [-0.39, 0.29) is 5.92 Å². The van der Waals surface area contributed by atoms with E-state index in [2.05, 4.69) is 10.3 Å². The number of ether oxygens (including phenoxy) is 1. The molecule has 0 amide bonds. The Morgan fingerprint density at radius 3 is 2.68 bits per heavy atom. The summed E-state index contributed by atoms with van der Waals surface area (Å²) in [7, 11) is 1.96. The van der Waals surface area contributed by atoms with Gasteiger partial charge in [-0.25, -0.2) is 0 Å². The van der Waals surface area contributed by atoms with Crippen LogP contribution >= 0.6 is 0 Å². The lowest BCUT2D eigenvalue weighted by Crippen LogP contribution is -2.41. The maximum atomic E-state index is 12.5. The van der Waals surface area contributed by atoms with E-state index in [1.54, 1.807) is 0 Å². The van der Waals surface area contributed by atoms with E-state index in [0.717, 1.165) is 38.0 Å². The van der Waals surface area contributed by atoms with Crippen LogP contribution in [0.4, 0.5) is 13.2 Å². The van der Waals surface area contributed by atoms with E-state index in [1.165, 1.54) is 17.7 Å². The number of likely N-dealkylation sites (tertiary alicyclic amines) is 1. The van der Waals surface area contributed by atoms with Gasteiger partial charge in [0, 0.05) is 39.8 Å². The van der Waals surface area contributed by atoms with Crippen LogP contribution in [0.25, 0.3) is 0 Å². The van der Waals surface area contributed by atoms with Gasteiger partial charge in [0.1, 0.15) is 0 Å². The Hall–Kier alpha value is -1.02. The third-order valence-corrected chi connectivity index (χ3v) is 4.59. The Bertz CT molecular complexity index is 427. The van der Waals surface area contributed by atoms with Crippen molar-refractivity contribution in [2.75, 3.05) is 59.5 Å². The third kappa shape index (κ3) is 8.27. The molecule has 0 aromatic rings. The fraction of sp³-hybridized carbons (Fsp3) is 0.941. The Morgan fingerprint density at radius 1 is 1.28 bits per heavy atom. The van der Waals surface area contributed by atoms with Gasteiger partial charge in [0.25, 0.3) is 0 Å². The first-order chi connectivity index (χ1) is 11.9. The predicted octanol–water partition coefficient (Wildman–Crippen LogP) is 2.19. The Kier molecular flexibility index (Phi) is 7.81. The number of likely N-dealkylation sites (N-methyl/N-ethyl adjacent to an activating group) is 1. The lowest BCUT2D eigenvalue weighted by atomic mass is 10.1. The van der Waals surface area contributed by atoms with Crippen molar-refractivity contribution in [3.8, 4) is 0 Å². The minimum atomic E-state index is -4.12. The molecule has 1 atom stereocenters. The van der Waals surface area contributed by atoms with Crippen LogP contribution in [0.1, 0.15) is 26.2 Å². The summed E-state index contributed by atoms with van der Waals surface area (Å²) >= 11 is 0. The maximum absolute atomic E-state index is 12.5. The minimum absolute atomic E-state index is 0.190. The molecule has 0 aromatic heterocycles. The van der Waals surface area contributed by atoms with E-state index in [4.69, 9.17) is 4.74 Å². The van der Waals surface area contributed by atoms with E-state index in [9.17, 15) is 13.2 Å². The molecular formula is C17H31F3N4O. The van der Waals surface area contributed by atoms with Gasteiger partial charge < -0.3 is 15.0 Å². The summed E-state index contributed by atoms with van der Waals surface area (Å²) in [5.41, 5.74) is 0. The summed E-state index contributed by atoms with van der Waals surface area (Å²) in [6, 6.07) is 0. The summed E-state index contributed by atoms with van der Waals surface area (Å²) in [6.07, 6.45) is -0.777. The van der Waals surface area contributed by atoms with E-state index < -0.39 is 12.7 Å². The number of hydrogen-bond donors (Lipinski definition) is 1. The van der Waals surface area contributed by atoms with Gasteiger partial charge in [0.05, 0.1) is 13.2 Å². The molecule has 1 aliphatic heterocycles. The van der Waals surface area contributed by atoms with Crippen LogP contribution in [-0.4, -0.2) is 81.5 Å². The topological polar surface area (TPSA) is 40.1 Å². The van der Waals surface area contributed by atoms with Crippen LogP contribution in [0.2, 0.25) is 0 Å². The molecule has 5 nitrogen and oxygen atoms in total. The lowest BCUT2D eigenvalue weighted by Gasteiger charge is -2.22. The van der Waals surface area contributed by atoms with Crippen molar-refractivity contribution in [1.29, 1.82) is 0 Å². The molecule has 1 saturated carbocycles. The highest BCUT2D eigenvalue weighted by Crippen LogP contribution is 2.28. The lowest BCUT2D eigenvalue weighted by molar-refractivity contribution is -0.143. The van der Waals surface area contributed by atoms with Crippen LogP contribution in [-0.2, 0) is 4.74 Å². The molecule has 1 heterocycles. The highest BCUT2D eigenvalue weighted by atomic mass is 19.4. The highest BCUT2D eigenvalue weighted by molar-refractivity contribution is 5.79. The number of hydrogen-bond acceptors (Lipinski definition) is 3. The van der Waals surface area contributed by atoms with Crippen molar-refractivity contribution in [2.24, 2.45) is 16.8 Å². The van der Waals surface area contributed by atoms with Crippen LogP contribution < -0.4 is 5.32 Å². The van der Waals surface area contributed by atoms with Crippen molar-refractivity contribution in [3.05, 3.63) is 0 Å². The van der Waals surface area contributed by atoms with Crippen LogP contribution in [0.15, 0.2) is 4.99 Å². The average Bonchev–Trinajstić information content (AvgIpc) is 3.26. The molecular weight excluding hydrogens is 333 g/mol. The van der Waals surface area contributed by atoms with Gasteiger partial charge >= 0.3 is 6.18 Å². The molecule has 2 rings (SSSR count). The molecule has 2 fully saturated rings. The molecule has 0 radical (unpaired) electrons. The number of halogens is 3. The number of alkyl halides is 3.